The lowest BCUT2D eigenvalue weighted by Gasteiger charge is -2.41. The fraction of sp³-hybridized carbons (Fsp3) is 0.500. The van der Waals surface area contributed by atoms with E-state index in [-0.39, 0.29) is 12.1 Å². The van der Waals surface area contributed by atoms with Crippen molar-refractivity contribution in [2.45, 2.75) is 49.2 Å². The summed E-state index contributed by atoms with van der Waals surface area (Å²) in [4.78, 5) is 16.5. The highest BCUT2D eigenvalue weighted by molar-refractivity contribution is 7.85. The summed E-state index contributed by atoms with van der Waals surface area (Å²) in [5.74, 6) is 1.90. The zero-order valence-electron chi connectivity index (χ0n) is 14.4. The Kier molecular flexibility index (Phi) is 3.72. The monoisotopic (exact) mass is 371 g/mol. The van der Waals surface area contributed by atoms with Crippen LogP contribution in [0.15, 0.2) is 23.4 Å². The van der Waals surface area contributed by atoms with Crippen LogP contribution in [0.3, 0.4) is 0 Å². The van der Waals surface area contributed by atoms with E-state index in [1.165, 1.54) is 11.1 Å². The number of nitrogens with zero attached hydrogens (tertiary/aromatic N) is 4. The highest BCUT2D eigenvalue weighted by Gasteiger charge is 2.39. The molecule has 1 fully saturated rings. The summed E-state index contributed by atoms with van der Waals surface area (Å²) in [7, 11) is -1.07. The number of anilines is 2. The standard InChI is InChI=1S/C18H21N5O2S/c24-11-18(4-1-5-18)22-16-15-14(3-7-26(15)25)20-17(21-16)23-9-12-2-6-19-8-13(12)10-23/h2,6,8,24H,1,3-5,7,9-11H2,(H,20,21,22)/t26-/m0/s1. The largest absolute Gasteiger partial charge is 0.394 e. The molecule has 136 valence electrons. The summed E-state index contributed by atoms with van der Waals surface area (Å²) in [5, 5.41) is 13.2. The van der Waals surface area contributed by atoms with Gasteiger partial charge in [0.1, 0.15) is 10.7 Å². The van der Waals surface area contributed by atoms with Gasteiger partial charge >= 0.3 is 0 Å². The third-order valence-corrected chi connectivity index (χ3v) is 7.14. The van der Waals surface area contributed by atoms with Crippen molar-refractivity contribution in [3.63, 3.8) is 0 Å². The molecule has 3 aliphatic rings. The molecule has 2 N–H and O–H groups in total. The number of aromatic nitrogens is 3. The van der Waals surface area contributed by atoms with Crippen LogP contribution in [0.5, 0.6) is 0 Å². The second-order valence-electron chi connectivity index (χ2n) is 7.37. The van der Waals surface area contributed by atoms with E-state index < -0.39 is 10.8 Å². The first-order valence-corrected chi connectivity index (χ1v) is 10.3. The van der Waals surface area contributed by atoms with Gasteiger partial charge in [-0.3, -0.25) is 9.19 Å². The van der Waals surface area contributed by atoms with Crippen molar-refractivity contribution in [3.8, 4) is 0 Å². The lowest BCUT2D eigenvalue weighted by Crippen LogP contribution is -2.48. The van der Waals surface area contributed by atoms with Crippen LogP contribution in [0.2, 0.25) is 0 Å². The Morgan fingerprint density at radius 3 is 2.85 bits per heavy atom. The molecule has 0 saturated heterocycles. The van der Waals surface area contributed by atoms with Gasteiger partial charge in [-0.25, -0.2) is 4.98 Å². The number of aryl methyl sites for hydroxylation is 1. The fourth-order valence-electron chi connectivity index (χ4n) is 3.95. The molecule has 0 bridgehead atoms. The van der Waals surface area contributed by atoms with Gasteiger partial charge in [0.15, 0.2) is 0 Å². The number of aliphatic hydroxyl groups is 1. The molecular formula is C18H21N5O2S. The second kappa shape index (κ2) is 5.99. The molecule has 0 radical (unpaired) electrons. The number of rotatable bonds is 4. The summed E-state index contributed by atoms with van der Waals surface area (Å²) >= 11 is 0. The number of aliphatic hydroxyl groups excluding tert-OH is 1. The van der Waals surface area contributed by atoms with Gasteiger partial charge in [-0.1, -0.05) is 0 Å². The van der Waals surface area contributed by atoms with Crippen LogP contribution >= 0.6 is 0 Å². The van der Waals surface area contributed by atoms with E-state index in [9.17, 15) is 9.32 Å². The minimum absolute atomic E-state index is 0.0641. The van der Waals surface area contributed by atoms with Gasteiger partial charge in [0.05, 0.1) is 28.6 Å². The molecule has 8 heteroatoms. The molecule has 7 nitrogen and oxygen atoms in total. The van der Waals surface area contributed by atoms with Gasteiger partial charge in [0, 0.05) is 37.7 Å². The van der Waals surface area contributed by atoms with Crippen molar-refractivity contribution >= 4 is 22.6 Å². The normalized spacial score (nSPS) is 22.7. The van der Waals surface area contributed by atoms with Crippen LogP contribution in [-0.4, -0.2) is 42.2 Å². The second-order valence-corrected chi connectivity index (χ2v) is 8.87. The predicted octanol–water partition coefficient (Wildman–Crippen LogP) is 1.38. The molecule has 2 aromatic heterocycles. The molecule has 5 rings (SSSR count). The Morgan fingerprint density at radius 2 is 2.12 bits per heavy atom. The molecule has 1 atom stereocenters. The number of hydrogen-bond acceptors (Lipinski definition) is 7. The molecule has 4 heterocycles. The smallest absolute Gasteiger partial charge is 0.228 e. The van der Waals surface area contributed by atoms with E-state index in [4.69, 9.17) is 9.97 Å². The van der Waals surface area contributed by atoms with Gasteiger partial charge in [-0.05, 0) is 36.5 Å². The van der Waals surface area contributed by atoms with Gasteiger partial charge in [0.2, 0.25) is 5.95 Å². The molecule has 1 aliphatic carbocycles. The van der Waals surface area contributed by atoms with Gasteiger partial charge in [-0.2, -0.15) is 4.98 Å². The Hall–Kier alpha value is -2.06. The van der Waals surface area contributed by atoms with Crippen LogP contribution in [0, 0.1) is 0 Å². The van der Waals surface area contributed by atoms with Crippen molar-refractivity contribution < 1.29 is 9.32 Å². The quantitative estimate of drug-likeness (QED) is 0.839. The molecule has 0 aromatic carbocycles. The highest BCUT2D eigenvalue weighted by atomic mass is 32.2. The lowest BCUT2D eigenvalue weighted by molar-refractivity contribution is 0.143. The lowest BCUT2D eigenvalue weighted by atomic mass is 9.77. The van der Waals surface area contributed by atoms with Crippen molar-refractivity contribution in [1.29, 1.82) is 0 Å². The van der Waals surface area contributed by atoms with Crippen molar-refractivity contribution in [2.75, 3.05) is 22.6 Å². The van der Waals surface area contributed by atoms with Crippen molar-refractivity contribution in [1.82, 2.24) is 15.0 Å². The van der Waals surface area contributed by atoms with Gasteiger partial charge in [0.25, 0.3) is 0 Å². The van der Waals surface area contributed by atoms with E-state index in [1.807, 2.05) is 18.5 Å². The molecule has 0 unspecified atom stereocenters. The summed E-state index contributed by atoms with van der Waals surface area (Å²) in [6, 6.07) is 2.03. The molecule has 2 aromatic rings. The van der Waals surface area contributed by atoms with Crippen LogP contribution < -0.4 is 10.2 Å². The number of pyridine rings is 1. The van der Waals surface area contributed by atoms with Gasteiger partial charge < -0.3 is 15.3 Å². The summed E-state index contributed by atoms with van der Waals surface area (Å²) in [5.41, 5.74) is 2.98. The molecule has 2 aliphatic heterocycles. The average molecular weight is 371 g/mol. The topological polar surface area (TPSA) is 91.2 Å². The number of fused-ring (bicyclic) bond motifs is 2. The fourth-order valence-corrected chi connectivity index (χ4v) is 5.25. The Balaban J connectivity index is 1.52. The van der Waals surface area contributed by atoms with Crippen molar-refractivity contribution in [3.05, 3.63) is 35.3 Å². The van der Waals surface area contributed by atoms with Crippen molar-refractivity contribution in [2.24, 2.45) is 0 Å². The van der Waals surface area contributed by atoms with Gasteiger partial charge in [-0.15, -0.1) is 0 Å². The van der Waals surface area contributed by atoms with Crippen LogP contribution in [0.25, 0.3) is 0 Å². The molecule has 0 amide bonds. The summed E-state index contributed by atoms with van der Waals surface area (Å²) in [6.07, 6.45) is 7.32. The highest BCUT2D eigenvalue weighted by Crippen LogP contribution is 2.39. The molecule has 0 spiro atoms. The van der Waals surface area contributed by atoms with Crippen LogP contribution in [-0.2, 0) is 30.3 Å². The summed E-state index contributed by atoms with van der Waals surface area (Å²) < 4.78 is 12.5. The first-order valence-electron chi connectivity index (χ1n) is 9.02. The van der Waals surface area contributed by atoms with Crippen LogP contribution in [0.1, 0.15) is 36.1 Å². The predicted molar refractivity (Wildman–Crippen MR) is 98.4 cm³/mol. The zero-order valence-corrected chi connectivity index (χ0v) is 15.3. The third-order valence-electron chi connectivity index (χ3n) is 5.68. The minimum atomic E-state index is -1.07. The zero-order chi connectivity index (χ0) is 17.7. The molecule has 1 saturated carbocycles. The van der Waals surface area contributed by atoms with E-state index in [0.29, 0.717) is 23.9 Å². The number of nitrogens with one attached hydrogen (secondary N) is 1. The van der Waals surface area contributed by atoms with Crippen LogP contribution in [0.4, 0.5) is 11.8 Å². The van der Waals surface area contributed by atoms with E-state index >= 15 is 0 Å². The maximum Gasteiger partial charge on any atom is 0.228 e. The number of hydrogen-bond donors (Lipinski definition) is 2. The maximum atomic E-state index is 12.5. The Labute approximate surface area is 154 Å². The SMILES string of the molecule is O=[S@]1CCc2nc(N3Cc4ccncc4C3)nc(NC3(CO)CCC3)c21. The Bertz CT molecular complexity index is 869. The average Bonchev–Trinajstić information content (AvgIpc) is 3.22. The summed E-state index contributed by atoms with van der Waals surface area (Å²) in [6.45, 7) is 1.55. The molecular weight excluding hydrogens is 350 g/mol. The first-order chi connectivity index (χ1) is 12.7. The van der Waals surface area contributed by atoms with E-state index in [2.05, 4.69) is 15.2 Å². The third kappa shape index (κ3) is 2.51. The Morgan fingerprint density at radius 1 is 1.27 bits per heavy atom. The first kappa shape index (κ1) is 16.1. The minimum Gasteiger partial charge on any atom is -0.394 e. The molecule has 26 heavy (non-hydrogen) atoms. The maximum absolute atomic E-state index is 12.5. The van der Waals surface area contributed by atoms with E-state index in [1.54, 1.807) is 0 Å². The van der Waals surface area contributed by atoms with E-state index in [0.717, 1.165) is 42.9 Å².